The largest absolute Gasteiger partial charge is 0.469 e. The van der Waals surface area contributed by atoms with E-state index in [-0.39, 0.29) is 5.57 Å². The van der Waals surface area contributed by atoms with E-state index in [4.69, 9.17) is 14.2 Å². The van der Waals surface area contributed by atoms with Gasteiger partial charge in [-0.2, -0.15) is 0 Å². The molecule has 0 aromatic heterocycles. The number of methoxy groups -OCH3 is 2. The SMILES string of the molecule is COC(=O)[C@@H]1[C@H](C(=O)OC)[C@@H]2O[C@H]1NC(c1ccccc1)=C2C=O. The van der Waals surface area contributed by atoms with E-state index in [9.17, 15) is 14.4 Å². The van der Waals surface area contributed by atoms with Crippen molar-refractivity contribution in [2.45, 2.75) is 12.3 Å². The number of hydrogen-bond donors (Lipinski definition) is 1. The van der Waals surface area contributed by atoms with E-state index in [1.54, 1.807) is 0 Å². The topological polar surface area (TPSA) is 90.9 Å². The van der Waals surface area contributed by atoms with E-state index < -0.39 is 36.1 Å². The van der Waals surface area contributed by atoms with Crippen LogP contribution < -0.4 is 5.32 Å². The number of carbonyl (C=O) groups excluding carboxylic acids is 3. The van der Waals surface area contributed by atoms with Crippen molar-refractivity contribution in [3.05, 3.63) is 41.5 Å². The molecule has 1 saturated heterocycles. The number of aldehydes is 1. The van der Waals surface area contributed by atoms with Gasteiger partial charge in [0.05, 0.1) is 19.9 Å². The summed E-state index contributed by atoms with van der Waals surface area (Å²) in [5, 5.41) is 3.05. The molecule has 1 aromatic rings. The van der Waals surface area contributed by atoms with Crippen LogP contribution in [-0.2, 0) is 28.6 Å². The number of benzene rings is 1. The van der Waals surface area contributed by atoms with Gasteiger partial charge in [0.2, 0.25) is 0 Å². The second-order valence-electron chi connectivity index (χ2n) is 5.53. The molecule has 0 spiro atoms. The first-order valence-corrected chi connectivity index (χ1v) is 7.44. The Labute approximate surface area is 138 Å². The predicted octanol–water partition coefficient (Wildman–Crippen LogP) is 0.503. The van der Waals surface area contributed by atoms with Crippen molar-refractivity contribution in [3.63, 3.8) is 0 Å². The molecule has 2 aliphatic rings. The Hall–Kier alpha value is -2.67. The molecule has 1 N–H and O–H groups in total. The summed E-state index contributed by atoms with van der Waals surface area (Å²) in [4.78, 5) is 36.1. The Bertz CT molecular complexity index is 698. The second kappa shape index (κ2) is 6.45. The quantitative estimate of drug-likeness (QED) is 0.635. The Kier molecular flexibility index (Phi) is 4.35. The first kappa shape index (κ1) is 16.2. The number of ether oxygens (including phenoxy) is 3. The maximum atomic E-state index is 12.2. The van der Waals surface area contributed by atoms with Crippen molar-refractivity contribution in [1.29, 1.82) is 0 Å². The van der Waals surface area contributed by atoms with Crippen molar-refractivity contribution in [3.8, 4) is 0 Å². The zero-order chi connectivity index (χ0) is 17.3. The van der Waals surface area contributed by atoms with Gasteiger partial charge >= 0.3 is 11.9 Å². The average molecular weight is 331 g/mol. The van der Waals surface area contributed by atoms with E-state index in [1.807, 2.05) is 30.3 Å². The smallest absolute Gasteiger partial charge is 0.314 e. The fraction of sp³-hybridized carbons (Fsp3) is 0.353. The van der Waals surface area contributed by atoms with Crippen LogP contribution in [0.4, 0.5) is 0 Å². The molecule has 0 unspecified atom stereocenters. The third-order valence-electron chi connectivity index (χ3n) is 4.35. The van der Waals surface area contributed by atoms with Crippen molar-refractivity contribution in [1.82, 2.24) is 5.32 Å². The van der Waals surface area contributed by atoms with Gasteiger partial charge in [-0.3, -0.25) is 14.4 Å². The molecule has 1 fully saturated rings. The molecule has 2 aliphatic heterocycles. The number of fused-ring (bicyclic) bond motifs is 2. The molecule has 7 heteroatoms. The summed E-state index contributed by atoms with van der Waals surface area (Å²) in [6.07, 6.45) is -0.989. The van der Waals surface area contributed by atoms with Gasteiger partial charge < -0.3 is 19.5 Å². The second-order valence-corrected chi connectivity index (χ2v) is 5.53. The molecule has 24 heavy (non-hydrogen) atoms. The summed E-state index contributed by atoms with van der Waals surface area (Å²) >= 11 is 0. The molecule has 1 aromatic carbocycles. The highest BCUT2D eigenvalue weighted by molar-refractivity contribution is 5.94. The van der Waals surface area contributed by atoms with Gasteiger partial charge in [-0.15, -0.1) is 0 Å². The summed E-state index contributed by atoms with van der Waals surface area (Å²) in [6.45, 7) is 0. The molecule has 2 heterocycles. The Balaban J connectivity index is 2.09. The highest BCUT2D eigenvalue weighted by atomic mass is 16.6. The molecular weight excluding hydrogens is 314 g/mol. The number of rotatable bonds is 4. The first-order chi connectivity index (χ1) is 11.6. The van der Waals surface area contributed by atoms with Crippen LogP contribution in [0.5, 0.6) is 0 Å². The van der Waals surface area contributed by atoms with Crippen LogP contribution in [0, 0.1) is 11.8 Å². The summed E-state index contributed by atoms with van der Waals surface area (Å²) in [6, 6.07) is 9.18. The van der Waals surface area contributed by atoms with Crippen molar-refractivity contribution in [2.24, 2.45) is 11.8 Å². The molecule has 0 amide bonds. The van der Waals surface area contributed by atoms with Crippen molar-refractivity contribution >= 4 is 23.9 Å². The third-order valence-corrected chi connectivity index (χ3v) is 4.35. The molecule has 7 nitrogen and oxygen atoms in total. The lowest BCUT2D eigenvalue weighted by Gasteiger charge is -2.27. The maximum Gasteiger partial charge on any atom is 0.314 e. The van der Waals surface area contributed by atoms with Crippen LogP contribution in [0.15, 0.2) is 35.9 Å². The highest BCUT2D eigenvalue weighted by Crippen LogP contribution is 2.42. The lowest BCUT2D eigenvalue weighted by molar-refractivity contribution is -0.156. The minimum atomic E-state index is -0.943. The monoisotopic (exact) mass is 331 g/mol. The number of hydrogen-bond acceptors (Lipinski definition) is 7. The van der Waals surface area contributed by atoms with Gasteiger partial charge in [-0.1, -0.05) is 30.3 Å². The van der Waals surface area contributed by atoms with Crippen LogP contribution in [0.2, 0.25) is 0 Å². The van der Waals surface area contributed by atoms with Gasteiger partial charge in [0.1, 0.15) is 24.2 Å². The Morgan fingerprint density at radius 2 is 1.71 bits per heavy atom. The predicted molar refractivity (Wildman–Crippen MR) is 82.2 cm³/mol. The highest BCUT2D eigenvalue weighted by Gasteiger charge is 2.57. The van der Waals surface area contributed by atoms with Gasteiger partial charge in [-0.25, -0.2) is 0 Å². The summed E-state index contributed by atoms with van der Waals surface area (Å²) < 4.78 is 15.3. The average Bonchev–Trinajstić information content (AvgIpc) is 2.94. The number of carbonyl (C=O) groups is 3. The van der Waals surface area contributed by atoms with E-state index in [0.717, 1.165) is 5.56 Å². The first-order valence-electron chi connectivity index (χ1n) is 7.44. The van der Waals surface area contributed by atoms with Crippen LogP contribution in [0.25, 0.3) is 5.70 Å². The fourth-order valence-electron chi connectivity index (χ4n) is 3.26. The minimum Gasteiger partial charge on any atom is -0.469 e. The van der Waals surface area contributed by atoms with Crippen LogP contribution >= 0.6 is 0 Å². The molecule has 0 radical (unpaired) electrons. The molecule has 0 aliphatic carbocycles. The van der Waals surface area contributed by atoms with E-state index in [2.05, 4.69) is 5.32 Å². The summed E-state index contributed by atoms with van der Waals surface area (Å²) in [7, 11) is 2.47. The molecule has 0 saturated carbocycles. The number of nitrogens with one attached hydrogen (secondary N) is 1. The summed E-state index contributed by atoms with van der Waals surface area (Å²) in [5.41, 5.74) is 1.60. The lowest BCUT2D eigenvalue weighted by Crippen LogP contribution is -2.41. The van der Waals surface area contributed by atoms with Crippen LogP contribution in [-0.4, -0.2) is 44.8 Å². The standard InChI is InChI=1S/C17H17NO6/c1-22-16(20)11-12(17(21)23-2)15-18-13(9-6-4-3-5-7-9)10(8-19)14(11)24-15/h3-8,11-12,14-15,18H,1-2H3/t11-,12+,14+,15+/m0/s1. The zero-order valence-corrected chi connectivity index (χ0v) is 13.2. The van der Waals surface area contributed by atoms with Crippen LogP contribution in [0.1, 0.15) is 5.56 Å². The summed E-state index contributed by atoms with van der Waals surface area (Å²) in [5.74, 6) is -3.05. The van der Waals surface area contributed by atoms with Gasteiger partial charge in [-0.05, 0) is 5.56 Å². The Morgan fingerprint density at radius 3 is 2.29 bits per heavy atom. The van der Waals surface area contributed by atoms with Gasteiger partial charge in [0.15, 0.2) is 6.29 Å². The normalized spacial score (nSPS) is 28.1. The molecule has 4 atom stereocenters. The van der Waals surface area contributed by atoms with E-state index >= 15 is 0 Å². The maximum absolute atomic E-state index is 12.2. The molecular formula is C17H17NO6. The Morgan fingerprint density at radius 1 is 1.08 bits per heavy atom. The van der Waals surface area contributed by atoms with Crippen molar-refractivity contribution in [2.75, 3.05) is 14.2 Å². The fourth-order valence-corrected chi connectivity index (χ4v) is 3.26. The third kappa shape index (κ3) is 2.46. The number of esters is 2. The van der Waals surface area contributed by atoms with Gasteiger partial charge in [0, 0.05) is 5.57 Å². The molecule has 2 bridgehead atoms. The zero-order valence-electron chi connectivity index (χ0n) is 13.2. The van der Waals surface area contributed by atoms with E-state index in [1.165, 1.54) is 14.2 Å². The van der Waals surface area contributed by atoms with E-state index in [0.29, 0.717) is 12.0 Å². The molecule has 126 valence electrons. The van der Waals surface area contributed by atoms with Crippen LogP contribution in [0.3, 0.4) is 0 Å². The lowest BCUT2D eigenvalue weighted by atomic mass is 9.87. The molecule has 3 rings (SSSR count). The minimum absolute atomic E-state index is 0.277. The van der Waals surface area contributed by atoms with Crippen molar-refractivity contribution < 1.29 is 28.6 Å². The van der Waals surface area contributed by atoms with Gasteiger partial charge in [0.25, 0.3) is 0 Å².